The number of hydrogen-bond donors (Lipinski definition) is 3. The Balaban J connectivity index is 2.85. The third-order valence-electron chi connectivity index (χ3n) is 4.46. The predicted molar refractivity (Wildman–Crippen MR) is 104 cm³/mol. The maximum Gasteiger partial charge on any atom is 0.341 e. The van der Waals surface area contributed by atoms with Gasteiger partial charge in [0.05, 0.1) is 22.1 Å². The molecule has 0 atom stereocenters. The fraction of sp³-hybridized carbons (Fsp3) is 0.450. The van der Waals surface area contributed by atoms with Crippen LogP contribution in [0.15, 0.2) is 18.2 Å². The molecule has 0 fully saturated rings. The Labute approximate surface area is 162 Å². The Kier molecular flexibility index (Phi) is 5.57. The standard InChI is InChI=1S/C20H26N2O6/c1-11-15(17(25)18(21)26)16-12(7-6-8-13(16)28-9-14(23)24)22(11)19(2,3)10-20(4,5)27/h6-8,27H,9-10H2,1-5H3,(H2,21,26)(H,23,24). The average Bonchev–Trinajstić information content (AvgIpc) is 2.82. The number of ketones is 1. The molecule has 0 aliphatic rings. The van der Waals surface area contributed by atoms with Gasteiger partial charge in [-0.3, -0.25) is 9.59 Å². The lowest BCUT2D eigenvalue weighted by molar-refractivity contribution is -0.139. The van der Waals surface area contributed by atoms with E-state index in [1.165, 1.54) is 6.07 Å². The molecule has 0 aliphatic carbocycles. The number of carbonyl (C=O) groups is 3. The van der Waals surface area contributed by atoms with Gasteiger partial charge in [0.1, 0.15) is 5.75 Å². The van der Waals surface area contributed by atoms with Gasteiger partial charge in [0.25, 0.3) is 11.7 Å². The SMILES string of the molecule is Cc1c(C(=O)C(N)=O)c2c(OCC(=O)O)cccc2n1C(C)(C)CC(C)(C)O. The van der Waals surface area contributed by atoms with Crippen LogP contribution in [0.1, 0.15) is 50.2 Å². The van der Waals surface area contributed by atoms with Gasteiger partial charge in [0, 0.05) is 11.2 Å². The van der Waals surface area contributed by atoms with Crippen molar-refractivity contribution >= 4 is 28.6 Å². The average molecular weight is 390 g/mol. The summed E-state index contributed by atoms with van der Waals surface area (Å²) in [4.78, 5) is 35.2. The van der Waals surface area contributed by atoms with Gasteiger partial charge in [-0.15, -0.1) is 0 Å². The van der Waals surface area contributed by atoms with Crippen molar-refractivity contribution in [2.24, 2.45) is 5.73 Å². The van der Waals surface area contributed by atoms with Gasteiger partial charge in [0.2, 0.25) is 0 Å². The van der Waals surface area contributed by atoms with Gasteiger partial charge >= 0.3 is 5.97 Å². The van der Waals surface area contributed by atoms with Crippen molar-refractivity contribution < 1.29 is 29.3 Å². The first-order valence-corrected chi connectivity index (χ1v) is 8.82. The summed E-state index contributed by atoms with van der Waals surface area (Å²) in [6.07, 6.45) is 0.356. The van der Waals surface area contributed by atoms with Crippen LogP contribution >= 0.6 is 0 Å². The molecule has 1 aromatic heterocycles. The van der Waals surface area contributed by atoms with E-state index in [1.54, 1.807) is 32.9 Å². The Morgan fingerprint density at radius 3 is 2.29 bits per heavy atom. The quantitative estimate of drug-likeness (QED) is 0.466. The number of rotatable bonds is 8. The fourth-order valence-corrected chi connectivity index (χ4v) is 4.01. The fourth-order valence-electron chi connectivity index (χ4n) is 4.01. The molecule has 0 saturated heterocycles. The summed E-state index contributed by atoms with van der Waals surface area (Å²) in [5.41, 5.74) is 4.77. The van der Waals surface area contributed by atoms with Crippen LogP contribution in [0.25, 0.3) is 10.9 Å². The van der Waals surface area contributed by atoms with E-state index in [0.717, 1.165) is 0 Å². The lowest BCUT2D eigenvalue weighted by Gasteiger charge is -2.35. The van der Waals surface area contributed by atoms with E-state index >= 15 is 0 Å². The number of aliphatic carboxylic acids is 1. The molecule has 0 radical (unpaired) electrons. The summed E-state index contributed by atoms with van der Waals surface area (Å²) in [5.74, 6) is -2.99. The van der Waals surface area contributed by atoms with Crippen molar-refractivity contribution in [1.29, 1.82) is 0 Å². The molecule has 2 rings (SSSR count). The van der Waals surface area contributed by atoms with Crippen molar-refractivity contribution in [3.63, 3.8) is 0 Å². The lowest BCUT2D eigenvalue weighted by Crippen LogP contribution is -2.36. The number of nitrogens with zero attached hydrogens (tertiary/aromatic N) is 1. The minimum absolute atomic E-state index is 0.0762. The van der Waals surface area contributed by atoms with Crippen molar-refractivity contribution in [2.45, 2.75) is 52.2 Å². The molecule has 4 N–H and O–H groups in total. The number of aromatic nitrogens is 1. The number of benzene rings is 1. The van der Waals surface area contributed by atoms with Crippen LogP contribution in [0, 0.1) is 6.92 Å². The van der Waals surface area contributed by atoms with E-state index in [-0.39, 0.29) is 11.3 Å². The molecule has 0 aliphatic heterocycles. The van der Waals surface area contributed by atoms with Crippen molar-refractivity contribution in [3.8, 4) is 5.75 Å². The summed E-state index contributed by atoms with van der Waals surface area (Å²) < 4.78 is 7.22. The first kappa shape index (κ1) is 21.4. The molecule has 152 valence electrons. The van der Waals surface area contributed by atoms with Gasteiger partial charge in [0.15, 0.2) is 6.61 Å². The van der Waals surface area contributed by atoms with E-state index in [9.17, 15) is 19.5 Å². The van der Waals surface area contributed by atoms with Crippen LogP contribution in [0.4, 0.5) is 0 Å². The van der Waals surface area contributed by atoms with Crippen LogP contribution in [-0.4, -0.2) is 44.6 Å². The smallest absolute Gasteiger partial charge is 0.341 e. The molecule has 8 nitrogen and oxygen atoms in total. The van der Waals surface area contributed by atoms with Crippen molar-refractivity contribution in [2.75, 3.05) is 6.61 Å². The number of amides is 1. The van der Waals surface area contributed by atoms with E-state index in [2.05, 4.69) is 0 Å². The molecule has 8 heteroatoms. The second kappa shape index (κ2) is 7.27. The van der Waals surface area contributed by atoms with E-state index in [1.807, 2.05) is 18.4 Å². The highest BCUT2D eigenvalue weighted by molar-refractivity contribution is 6.45. The Bertz CT molecular complexity index is 950. The van der Waals surface area contributed by atoms with Crippen LogP contribution in [0.2, 0.25) is 0 Å². The number of nitrogens with two attached hydrogens (primary N) is 1. The van der Waals surface area contributed by atoms with Gasteiger partial charge < -0.3 is 25.3 Å². The minimum Gasteiger partial charge on any atom is -0.481 e. The van der Waals surface area contributed by atoms with Crippen molar-refractivity contribution in [1.82, 2.24) is 4.57 Å². The number of primary amides is 1. The number of hydrogen-bond acceptors (Lipinski definition) is 5. The summed E-state index contributed by atoms with van der Waals surface area (Å²) in [5, 5.41) is 19.6. The van der Waals surface area contributed by atoms with Gasteiger partial charge in [-0.25, -0.2) is 4.79 Å². The molecule has 0 bridgehead atoms. The molecule has 2 aromatic rings. The van der Waals surface area contributed by atoms with Crippen LogP contribution in [0.5, 0.6) is 5.75 Å². The third kappa shape index (κ3) is 4.17. The molecular formula is C20H26N2O6. The summed E-state index contributed by atoms with van der Waals surface area (Å²) in [7, 11) is 0. The second-order valence-electron chi connectivity index (χ2n) is 8.12. The number of carboxylic acids is 1. The monoisotopic (exact) mass is 390 g/mol. The minimum atomic E-state index is -1.17. The van der Waals surface area contributed by atoms with Crippen molar-refractivity contribution in [3.05, 3.63) is 29.5 Å². The number of aliphatic hydroxyl groups is 1. The summed E-state index contributed by atoms with van der Waals surface area (Å²) in [6, 6.07) is 4.96. The van der Waals surface area contributed by atoms with Crippen LogP contribution in [-0.2, 0) is 15.1 Å². The largest absolute Gasteiger partial charge is 0.481 e. The number of fused-ring (bicyclic) bond motifs is 1. The van der Waals surface area contributed by atoms with Crippen LogP contribution in [0.3, 0.4) is 0 Å². The molecule has 1 amide bonds. The first-order valence-electron chi connectivity index (χ1n) is 8.82. The van der Waals surface area contributed by atoms with E-state index < -0.39 is 35.4 Å². The molecule has 1 heterocycles. The number of carbonyl (C=O) groups excluding carboxylic acids is 2. The number of ether oxygens (including phenoxy) is 1. The van der Waals surface area contributed by atoms with Gasteiger partial charge in [-0.05, 0) is 53.2 Å². The third-order valence-corrected chi connectivity index (χ3v) is 4.46. The van der Waals surface area contributed by atoms with Crippen LogP contribution < -0.4 is 10.5 Å². The normalized spacial score (nSPS) is 12.2. The highest BCUT2D eigenvalue weighted by atomic mass is 16.5. The molecule has 0 spiro atoms. The van der Waals surface area contributed by atoms with Gasteiger partial charge in [-0.1, -0.05) is 6.07 Å². The first-order chi connectivity index (χ1) is 12.8. The zero-order valence-corrected chi connectivity index (χ0v) is 16.7. The van der Waals surface area contributed by atoms with E-state index in [4.69, 9.17) is 15.6 Å². The molecule has 1 aromatic carbocycles. The summed E-state index contributed by atoms with van der Waals surface area (Å²) in [6.45, 7) is 8.27. The zero-order chi connectivity index (χ0) is 21.4. The predicted octanol–water partition coefficient (Wildman–Crippen LogP) is 1.98. The van der Waals surface area contributed by atoms with Gasteiger partial charge in [-0.2, -0.15) is 0 Å². The maximum atomic E-state index is 12.6. The number of carboxylic acid groups (broad SMARTS) is 1. The van der Waals surface area contributed by atoms with E-state index in [0.29, 0.717) is 23.0 Å². The highest BCUT2D eigenvalue weighted by Crippen LogP contribution is 2.39. The Morgan fingerprint density at radius 2 is 1.79 bits per heavy atom. The highest BCUT2D eigenvalue weighted by Gasteiger charge is 2.34. The number of Topliss-reactive ketones (excluding diaryl/α,β-unsaturated/α-hetero) is 1. The molecule has 0 unspecified atom stereocenters. The maximum absolute atomic E-state index is 12.6. The Hall–Kier alpha value is -2.87. The molecular weight excluding hydrogens is 364 g/mol. The molecule has 28 heavy (non-hydrogen) atoms. The summed E-state index contributed by atoms with van der Waals surface area (Å²) >= 11 is 0. The topological polar surface area (TPSA) is 132 Å². The Morgan fingerprint density at radius 1 is 1.18 bits per heavy atom. The molecule has 0 saturated carbocycles. The second-order valence-corrected chi connectivity index (χ2v) is 8.12. The lowest BCUT2D eigenvalue weighted by atomic mass is 9.89. The zero-order valence-electron chi connectivity index (χ0n) is 16.7.